The topological polar surface area (TPSA) is 104 Å². The van der Waals surface area contributed by atoms with Crippen molar-refractivity contribution in [1.82, 2.24) is 4.90 Å². The number of halogens is 2. The van der Waals surface area contributed by atoms with Gasteiger partial charge in [0, 0.05) is 10.0 Å². The molecule has 1 N–H and O–H groups in total. The van der Waals surface area contributed by atoms with Gasteiger partial charge in [0.2, 0.25) is 10.0 Å². The molecule has 1 unspecified atom stereocenters. The molecular formula is C31H32Cl2N2O6S. The number of carboxylic acids is 1. The van der Waals surface area contributed by atoms with Crippen molar-refractivity contribution < 1.29 is 27.9 Å². The summed E-state index contributed by atoms with van der Waals surface area (Å²) in [5.74, 6) is -1.70. The minimum absolute atomic E-state index is 0.00274. The van der Waals surface area contributed by atoms with E-state index in [1.165, 1.54) is 4.31 Å². The fraction of sp³-hybridized carbons (Fsp3) is 0.355. The summed E-state index contributed by atoms with van der Waals surface area (Å²) in [6.45, 7) is 1.89. The summed E-state index contributed by atoms with van der Waals surface area (Å²) in [5, 5.41) is 10.2. The van der Waals surface area contributed by atoms with Gasteiger partial charge in [0.25, 0.3) is 5.91 Å². The van der Waals surface area contributed by atoms with E-state index in [1.54, 1.807) is 71.6 Å². The Kier molecular flexibility index (Phi) is 9.13. The van der Waals surface area contributed by atoms with Crippen LogP contribution in [0.25, 0.3) is 0 Å². The van der Waals surface area contributed by atoms with Crippen molar-refractivity contribution in [3.8, 4) is 0 Å². The Morgan fingerprint density at radius 2 is 1.69 bits per heavy atom. The van der Waals surface area contributed by atoms with E-state index in [4.69, 9.17) is 27.9 Å². The van der Waals surface area contributed by atoms with Gasteiger partial charge in [-0.05, 0) is 66.8 Å². The summed E-state index contributed by atoms with van der Waals surface area (Å²) in [6, 6.07) is 21.6. The Labute approximate surface area is 255 Å². The molecule has 42 heavy (non-hydrogen) atoms. The van der Waals surface area contributed by atoms with Gasteiger partial charge in [0.15, 0.2) is 0 Å². The van der Waals surface area contributed by atoms with Crippen LogP contribution in [0.15, 0.2) is 78.9 Å². The van der Waals surface area contributed by atoms with Gasteiger partial charge < -0.3 is 14.7 Å². The maximum atomic E-state index is 14.2. The number of morpholine rings is 1. The fourth-order valence-electron chi connectivity index (χ4n) is 5.50. The Hall–Kier alpha value is -3.11. The van der Waals surface area contributed by atoms with E-state index in [1.807, 2.05) is 19.1 Å². The smallest absolute Gasteiger partial charge is 0.306 e. The second-order valence-electron chi connectivity index (χ2n) is 10.6. The molecule has 0 radical (unpaired) electrons. The van der Waals surface area contributed by atoms with Gasteiger partial charge in [-0.25, -0.2) is 8.42 Å². The van der Waals surface area contributed by atoms with Gasteiger partial charge in [-0.1, -0.05) is 72.6 Å². The van der Waals surface area contributed by atoms with Crippen molar-refractivity contribution in [2.45, 2.75) is 62.1 Å². The predicted octanol–water partition coefficient (Wildman–Crippen LogP) is 6.26. The average molecular weight is 632 g/mol. The number of hydrogen-bond acceptors (Lipinski definition) is 5. The molecule has 222 valence electrons. The molecule has 2 fully saturated rings. The third-order valence-corrected chi connectivity index (χ3v) is 10.5. The number of aliphatic carboxylic acids is 1. The monoisotopic (exact) mass is 630 g/mol. The zero-order valence-corrected chi connectivity index (χ0v) is 25.3. The minimum atomic E-state index is -3.70. The minimum Gasteiger partial charge on any atom is -0.481 e. The molecule has 1 aliphatic carbocycles. The van der Waals surface area contributed by atoms with Gasteiger partial charge in [-0.15, -0.1) is 0 Å². The lowest BCUT2D eigenvalue weighted by molar-refractivity contribution is -0.183. The number of para-hydroxylation sites is 1. The summed E-state index contributed by atoms with van der Waals surface area (Å²) >= 11 is 12.6. The van der Waals surface area contributed by atoms with Gasteiger partial charge in [-0.2, -0.15) is 0 Å². The molecule has 0 aromatic heterocycles. The van der Waals surface area contributed by atoms with Crippen LogP contribution in [-0.2, 0) is 24.3 Å². The van der Waals surface area contributed by atoms with E-state index in [9.17, 15) is 23.1 Å². The highest BCUT2D eigenvalue weighted by atomic mass is 35.5. The fourth-order valence-corrected chi connectivity index (χ4v) is 7.71. The molecule has 1 saturated heterocycles. The second-order valence-corrected chi connectivity index (χ2v) is 13.6. The number of benzene rings is 3. The first-order chi connectivity index (χ1) is 20.1. The molecule has 4 atom stereocenters. The first-order valence-corrected chi connectivity index (χ1v) is 16.1. The van der Waals surface area contributed by atoms with Crippen molar-refractivity contribution in [3.63, 3.8) is 0 Å². The van der Waals surface area contributed by atoms with Crippen LogP contribution < -0.4 is 4.31 Å². The molecular weight excluding hydrogens is 599 g/mol. The standard InChI is InChI=1S/C31H32Cl2N2O6S/c1-2-24(19-34(25-9-4-3-5-10-25)42(39,40)26-15-16-26)35-29(20-11-13-22(32)14-12-20)30(21-7-6-8-23(33)17-21)41-27(31(35)38)18-28(36)37/h3-14,17,24,26-27,29-30H,2,15-16,18-19H2,1H3,(H,36,37)/t24?,27-,29+,30-/m1/s1. The van der Waals surface area contributed by atoms with Crippen LogP contribution in [0.2, 0.25) is 10.0 Å². The molecule has 3 aromatic carbocycles. The maximum Gasteiger partial charge on any atom is 0.306 e. The molecule has 1 saturated carbocycles. The zero-order valence-electron chi connectivity index (χ0n) is 23.0. The molecule has 1 amide bonds. The maximum absolute atomic E-state index is 14.2. The summed E-state index contributed by atoms with van der Waals surface area (Å²) < 4.78 is 35.1. The average Bonchev–Trinajstić information content (AvgIpc) is 3.82. The highest BCUT2D eigenvalue weighted by Gasteiger charge is 2.49. The van der Waals surface area contributed by atoms with Gasteiger partial charge in [0.05, 0.1) is 36.0 Å². The number of sulfonamides is 1. The van der Waals surface area contributed by atoms with Crippen LogP contribution in [0.1, 0.15) is 55.9 Å². The van der Waals surface area contributed by atoms with Crippen molar-refractivity contribution in [2.24, 2.45) is 0 Å². The number of carboxylic acid groups (broad SMARTS) is 1. The predicted molar refractivity (Wildman–Crippen MR) is 162 cm³/mol. The first-order valence-electron chi connectivity index (χ1n) is 13.9. The Morgan fingerprint density at radius 1 is 1.00 bits per heavy atom. The van der Waals surface area contributed by atoms with Crippen LogP contribution in [0, 0.1) is 0 Å². The van der Waals surface area contributed by atoms with E-state index in [0.29, 0.717) is 46.1 Å². The van der Waals surface area contributed by atoms with E-state index in [0.717, 1.165) is 0 Å². The van der Waals surface area contributed by atoms with Gasteiger partial charge >= 0.3 is 5.97 Å². The lowest BCUT2D eigenvalue weighted by atomic mass is 9.89. The third-order valence-electron chi connectivity index (χ3n) is 7.71. The van der Waals surface area contributed by atoms with E-state index in [-0.39, 0.29) is 6.54 Å². The lowest BCUT2D eigenvalue weighted by Gasteiger charge is -2.48. The van der Waals surface area contributed by atoms with E-state index < -0.39 is 57.9 Å². The van der Waals surface area contributed by atoms with Crippen molar-refractivity contribution in [3.05, 3.63) is 100 Å². The van der Waals surface area contributed by atoms with Crippen molar-refractivity contribution in [1.29, 1.82) is 0 Å². The van der Waals surface area contributed by atoms with E-state index in [2.05, 4.69) is 0 Å². The number of carbonyl (C=O) groups is 2. The van der Waals surface area contributed by atoms with E-state index >= 15 is 0 Å². The van der Waals surface area contributed by atoms with Gasteiger partial charge in [0.1, 0.15) is 12.2 Å². The lowest BCUT2D eigenvalue weighted by Crippen LogP contribution is -2.58. The summed E-state index contributed by atoms with van der Waals surface area (Å²) in [4.78, 5) is 27.7. The van der Waals surface area contributed by atoms with Crippen LogP contribution in [-0.4, -0.2) is 54.2 Å². The molecule has 0 bridgehead atoms. The highest BCUT2D eigenvalue weighted by molar-refractivity contribution is 7.93. The van der Waals surface area contributed by atoms with Crippen LogP contribution in [0.3, 0.4) is 0 Å². The molecule has 5 rings (SSSR count). The molecule has 11 heteroatoms. The largest absolute Gasteiger partial charge is 0.481 e. The summed E-state index contributed by atoms with van der Waals surface area (Å²) in [6.07, 6.45) is -1.03. The second kappa shape index (κ2) is 12.6. The molecule has 8 nitrogen and oxygen atoms in total. The third kappa shape index (κ3) is 6.44. The quantitative estimate of drug-likeness (QED) is 0.268. The normalized spacial score (nSPS) is 21.6. The first kappa shape index (κ1) is 30.4. The summed E-state index contributed by atoms with van der Waals surface area (Å²) in [5.41, 5.74) is 1.89. The SMILES string of the molecule is CCC(CN(c1ccccc1)S(=O)(=O)C1CC1)N1C(=O)[C@@H](CC(=O)O)O[C@H](c2cccc(Cl)c2)[C@@H]1c1ccc(Cl)cc1. The number of anilines is 1. The number of rotatable bonds is 11. The van der Waals surface area contributed by atoms with Crippen LogP contribution >= 0.6 is 23.2 Å². The molecule has 2 aliphatic rings. The molecule has 1 heterocycles. The number of ether oxygens (including phenoxy) is 1. The number of amides is 1. The number of hydrogen-bond donors (Lipinski definition) is 1. The zero-order chi connectivity index (χ0) is 30.0. The highest BCUT2D eigenvalue weighted by Crippen LogP contribution is 2.45. The Bertz CT molecular complexity index is 1530. The number of carbonyl (C=O) groups excluding carboxylic acids is 1. The van der Waals surface area contributed by atoms with Crippen LogP contribution in [0.5, 0.6) is 0 Å². The Balaban J connectivity index is 1.64. The van der Waals surface area contributed by atoms with Crippen molar-refractivity contribution >= 4 is 50.8 Å². The van der Waals surface area contributed by atoms with Crippen molar-refractivity contribution in [2.75, 3.05) is 10.8 Å². The van der Waals surface area contributed by atoms with Gasteiger partial charge in [-0.3, -0.25) is 13.9 Å². The molecule has 3 aromatic rings. The molecule has 0 spiro atoms. The molecule has 1 aliphatic heterocycles. The summed E-state index contributed by atoms with van der Waals surface area (Å²) in [7, 11) is -3.70. The van der Waals surface area contributed by atoms with Crippen LogP contribution in [0.4, 0.5) is 5.69 Å². The number of nitrogens with zero attached hydrogens (tertiary/aromatic N) is 2. The Morgan fingerprint density at radius 3 is 2.29 bits per heavy atom.